The largest absolute Gasteiger partial charge is 0.491 e. The summed E-state index contributed by atoms with van der Waals surface area (Å²) in [5.74, 6) is 0.922. The summed E-state index contributed by atoms with van der Waals surface area (Å²) in [6, 6.07) is 8.51. The highest BCUT2D eigenvalue weighted by Crippen LogP contribution is 2.20. The van der Waals surface area contributed by atoms with E-state index in [4.69, 9.17) is 4.74 Å². The van der Waals surface area contributed by atoms with Crippen molar-refractivity contribution >= 4 is 0 Å². The van der Waals surface area contributed by atoms with Gasteiger partial charge in [-0.15, -0.1) is 0 Å². The van der Waals surface area contributed by atoms with E-state index >= 15 is 0 Å². The van der Waals surface area contributed by atoms with Gasteiger partial charge in [0.15, 0.2) is 0 Å². The predicted octanol–water partition coefficient (Wildman–Crippen LogP) is 3.36. The van der Waals surface area contributed by atoms with Crippen molar-refractivity contribution in [3.05, 3.63) is 47.3 Å². The van der Waals surface area contributed by atoms with Gasteiger partial charge in [0.2, 0.25) is 0 Å². The highest BCUT2D eigenvalue weighted by atomic mass is 16.5. The molecule has 1 aromatic carbocycles. The van der Waals surface area contributed by atoms with Crippen molar-refractivity contribution in [1.29, 1.82) is 0 Å². The van der Waals surface area contributed by atoms with Gasteiger partial charge in [-0.3, -0.25) is 5.10 Å². The Labute approximate surface area is 120 Å². The van der Waals surface area contributed by atoms with Crippen molar-refractivity contribution in [3.63, 3.8) is 0 Å². The molecule has 1 heterocycles. The van der Waals surface area contributed by atoms with Crippen LogP contribution in [0.25, 0.3) is 0 Å². The molecule has 108 valence electrons. The molecule has 2 rings (SSSR count). The van der Waals surface area contributed by atoms with Gasteiger partial charge < -0.3 is 10.1 Å². The minimum Gasteiger partial charge on any atom is -0.491 e. The molecule has 0 aliphatic carbocycles. The van der Waals surface area contributed by atoms with E-state index < -0.39 is 0 Å². The monoisotopic (exact) mass is 273 g/mol. The van der Waals surface area contributed by atoms with Gasteiger partial charge >= 0.3 is 0 Å². The van der Waals surface area contributed by atoms with E-state index in [1.807, 2.05) is 39.1 Å². The lowest BCUT2D eigenvalue weighted by Crippen LogP contribution is -2.18. The number of nitrogens with zero attached hydrogens (tertiary/aromatic N) is 1. The number of aryl methyl sites for hydroxylation is 1. The fraction of sp³-hybridized carbons (Fsp3) is 0.438. The van der Waals surface area contributed by atoms with Gasteiger partial charge in [0.05, 0.1) is 12.3 Å². The molecule has 0 radical (unpaired) electrons. The highest BCUT2D eigenvalue weighted by Gasteiger charge is 2.08. The zero-order valence-corrected chi connectivity index (χ0v) is 12.6. The first kappa shape index (κ1) is 14.6. The molecule has 0 spiro atoms. The van der Waals surface area contributed by atoms with E-state index in [1.165, 1.54) is 11.1 Å². The number of aromatic amines is 1. The first-order chi connectivity index (χ1) is 9.56. The molecule has 0 unspecified atom stereocenters. The van der Waals surface area contributed by atoms with Crippen LogP contribution in [-0.4, -0.2) is 16.3 Å². The van der Waals surface area contributed by atoms with Crippen molar-refractivity contribution < 1.29 is 4.74 Å². The van der Waals surface area contributed by atoms with Crippen LogP contribution in [0.5, 0.6) is 5.75 Å². The molecule has 0 saturated carbocycles. The molecule has 2 aromatic rings. The Kier molecular flexibility index (Phi) is 4.79. The molecule has 0 fully saturated rings. The van der Waals surface area contributed by atoms with Gasteiger partial charge in [0, 0.05) is 23.8 Å². The number of hydrogen-bond donors (Lipinski definition) is 2. The van der Waals surface area contributed by atoms with E-state index in [9.17, 15) is 0 Å². The van der Waals surface area contributed by atoms with E-state index in [1.54, 1.807) is 0 Å². The summed E-state index contributed by atoms with van der Waals surface area (Å²) >= 11 is 0. The SMILES string of the molecule is Cc1[nH]ncc1CN[C@H](C)c1cccc(OC(C)C)c1. The van der Waals surface area contributed by atoms with Gasteiger partial charge in [-0.1, -0.05) is 12.1 Å². The molecule has 0 bridgehead atoms. The topological polar surface area (TPSA) is 49.9 Å². The third-order valence-electron chi connectivity index (χ3n) is 3.26. The maximum absolute atomic E-state index is 5.73. The number of ether oxygens (including phenoxy) is 1. The fourth-order valence-corrected chi connectivity index (χ4v) is 2.06. The van der Waals surface area contributed by atoms with Crippen LogP contribution in [0, 0.1) is 6.92 Å². The third kappa shape index (κ3) is 3.84. The van der Waals surface area contributed by atoms with Crippen LogP contribution in [0.1, 0.15) is 43.6 Å². The lowest BCUT2D eigenvalue weighted by molar-refractivity contribution is 0.242. The highest BCUT2D eigenvalue weighted by molar-refractivity contribution is 5.30. The molecule has 4 heteroatoms. The number of rotatable bonds is 6. The summed E-state index contributed by atoms with van der Waals surface area (Å²) in [5, 5.41) is 10.5. The van der Waals surface area contributed by atoms with Crippen molar-refractivity contribution in [1.82, 2.24) is 15.5 Å². The summed E-state index contributed by atoms with van der Waals surface area (Å²) in [5.41, 5.74) is 3.54. The van der Waals surface area contributed by atoms with E-state index in [0.717, 1.165) is 18.0 Å². The Bertz CT molecular complexity index is 548. The Morgan fingerprint density at radius 1 is 1.30 bits per heavy atom. The zero-order valence-electron chi connectivity index (χ0n) is 12.6. The van der Waals surface area contributed by atoms with Gasteiger partial charge in [-0.05, 0) is 45.4 Å². The zero-order chi connectivity index (χ0) is 14.5. The lowest BCUT2D eigenvalue weighted by Gasteiger charge is -2.16. The van der Waals surface area contributed by atoms with Crippen molar-refractivity contribution in [3.8, 4) is 5.75 Å². The Morgan fingerprint density at radius 2 is 2.10 bits per heavy atom. The summed E-state index contributed by atoms with van der Waals surface area (Å²) in [4.78, 5) is 0. The summed E-state index contributed by atoms with van der Waals surface area (Å²) in [6.07, 6.45) is 2.06. The maximum Gasteiger partial charge on any atom is 0.120 e. The van der Waals surface area contributed by atoms with Gasteiger partial charge in [-0.25, -0.2) is 0 Å². The quantitative estimate of drug-likeness (QED) is 0.848. The van der Waals surface area contributed by atoms with Crippen LogP contribution < -0.4 is 10.1 Å². The molecule has 20 heavy (non-hydrogen) atoms. The molecule has 0 aliphatic heterocycles. The van der Waals surface area contributed by atoms with E-state index in [2.05, 4.69) is 34.6 Å². The van der Waals surface area contributed by atoms with E-state index in [-0.39, 0.29) is 12.1 Å². The van der Waals surface area contributed by atoms with Crippen LogP contribution >= 0.6 is 0 Å². The van der Waals surface area contributed by atoms with Crippen LogP contribution in [0.4, 0.5) is 0 Å². The Balaban J connectivity index is 1.98. The Morgan fingerprint density at radius 3 is 2.75 bits per heavy atom. The molecule has 1 aromatic heterocycles. The van der Waals surface area contributed by atoms with Crippen LogP contribution in [0.15, 0.2) is 30.5 Å². The smallest absolute Gasteiger partial charge is 0.120 e. The van der Waals surface area contributed by atoms with Gasteiger partial charge in [-0.2, -0.15) is 5.10 Å². The second kappa shape index (κ2) is 6.57. The number of benzene rings is 1. The summed E-state index contributed by atoms with van der Waals surface area (Å²) < 4.78 is 5.73. The molecular weight excluding hydrogens is 250 g/mol. The van der Waals surface area contributed by atoms with Crippen LogP contribution in [0.2, 0.25) is 0 Å². The number of hydrogen-bond acceptors (Lipinski definition) is 3. The molecule has 4 nitrogen and oxygen atoms in total. The normalized spacial score (nSPS) is 12.7. The maximum atomic E-state index is 5.73. The minimum atomic E-state index is 0.196. The standard InChI is InChI=1S/C16H23N3O/c1-11(2)20-16-7-5-6-14(8-16)12(3)17-9-15-10-18-19-13(15)4/h5-8,10-12,17H,9H2,1-4H3,(H,18,19)/t12-/m1/s1. The second-order valence-electron chi connectivity index (χ2n) is 5.36. The van der Waals surface area contributed by atoms with Crippen molar-refractivity contribution in [2.24, 2.45) is 0 Å². The number of H-pyrrole nitrogens is 1. The van der Waals surface area contributed by atoms with Crippen LogP contribution in [0.3, 0.4) is 0 Å². The van der Waals surface area contributed by atoms with Crippen molar-refractivity contribution in [2.45, 2.75) is 46.4 Å². The molecule has 0 amide bonds. The van der Waals surface area contributed by atoms with E-state index in [0.29, 0.717) is 0 Å². The van der Waals surface area contributed by atoms with Crippen LogP contribution in [-0.2, 0) is 6.54 Å². The molecular formula is C16H23N3O. The van der Waals surface area contributed by atoms with Gasteiger partial charge in [0.25, 0.3) is 0 Å². The number of nitrogens with one attached hydrogen (secondary N) is 2. The summed E-state index contributed by atoms with van der Waals surface area (Å²) in [7, 11) is 0. The number of aromatic nitrogens is 2. The summed E-state index contributed by atoms with van der Waals surface area (Å²) in [6.45, 7) is 9.07. The molecule has 0 saturated heterocycles. The average Bonchev–Trinajstić information content (AvgIpc) is 2.81. The van der Waals surface area contributed by atoms with Gasteiger partial charge in [0.1, 0.15) is 5.75 Å². The predicted molar refractivity (Wildman–Crippen MR) is 80.8 cm³/mol. The fourth-order valence-electron chi connectivity index (χ4n) is 2.06. The first-order valence-corrected chi connectivity index (χ1v) is 7.05. The molecule has 0 aliphatic rings. The molecule has 2 N–H and O–H groups in total. The molecule has 1 atom stereocenters. The first-order valence-electron chi connectivity index (χ1n) is 7.05. The minimum absolute atomic E-state index is 0.196. The Hall–Kier alpha value is -1.81. The van der Waals surface area contributed by atoms with Crippen molar-refractivity contribution in [2.75, 3.05) is 0 Å². The average molecular weight is 273 g/mol. The second-order valence-corrected chi connectivity index (χ2v) is 5.36. The third-order valence-corrected chi connectivity index (χ3v) is 3.26. The lowest BCUT2D eigenvalue weighted by atomic mass is 10.1.